The summed E-state index contributed by atoms with van der Waals surface area (Å²) < 4.78 is 6.83. The van der Waals surface area contributed by atoms with E-state index in [1.165, 1.54) is 0 Å². The molecule has 1 aromatic carbocycles. The van der Waals surface area contributed by atoms with Crippen LogP contribution in [0.4, 0.5) is 0 Å². The highest BCUT2D eigenvalue weighted by atomic mass is 16.5. The van der Waals surface area contributed by atoms with Gasteiger partial charge in [0.05, 0.1) is 12.6 Å². The summed E-state index contributed by atoms with van der Waals surface area (Å²) in [5.41, 5.74) is 1.97. The van der Waals surface area contributed by atoms with Gasteiger partial charge in [-0.25, -0.2) is 4.98 Å². The quantitative estimate of drug-likeness (QED) is 0.637. The van der Waals surface area contributed by atoms with Crippen molar-refractivity contribution < 1.29 is 14.3 Å². The van der Waals surface area contributed by atoms with Crippen molar-refractivity contribution in [3.8, 4) is 5.75 Å². The number of amides is 2. The van der Waals surface area contributed by atoms with Crippen molar-refractivity contribution in [1.82, 2.24) is 19.6 Å². The van der Waals surface area contributed by atoms with Crippen molar-refractivity contribution in [1.29, 1.82) is 0 Å². The highest BCUT2D eigenvalue weighted by Crippen LogP contribution is 2.15. The van der Waals surface area contributed by atoms with Crippen LogP contribution in [-0.4, -0.2) is 52.8 Å². The maximum Gasteiger partial charge on any atom is 0.290 e. The van der Waals surface area contributed by atoms with Crippen LogP contribution in [0.2, 0.25) is 0 Å². The van der Waals surface area contributed by atoms with Crippen LogP contribution in [0.15, 0.2) is 48.7 Å². The fourth-order valence-corrected chi connectivity index (χ4v) is 3.20. The lowest BCUT2D eigenvalue weighted by atomic mass is 10.1. The van der Waals surface area contributed by atoms with E-state index in [0.717, 1.165) is 11.3 Å². The van der Waals surface area contributed by atoms with Gasteiger partial charge in [-0.1, -0.05) is 18.2 Å². The van der Waals surface area contributed by atoms with Gasteiger partial charge in [-0.2, -0.15) is 0 Å². The molecule has 2 heterocycles. The van der Waals surface area contributed by atoms with Crippen LogP contribution in [0.5, 0.6) is 5.75 Å². The number of hydrogen-bond donors (Lipinski definition) is 1. The fourth-order valence-electron chi connectivity index (χ4n) is 3.20. The maximum absolute atomic E-state index is 12.8. The second kappa shape index (κ2) is 9.23. The molecule has 2 amide bonds. The van der Waals surface area contributed by atoms with E-state index in [1.54, 1.807) is 28.7 Å². The Morgan fingerprint density at radius 1 is 1.10 bits per heavy atom. The minimum absolute atomic E-state index is 0.187. The number of benzene rings is 1. The van der Waals surface area contributed by atoms with Crippen molar-refractivity contribution in [2.24, 2.45) is 0 Å². The number of methoxy groups -OCH3 is 1. The van der Waals surface area contributed by atoms with Crippen LogP contribution < -0.4 is 10.1 Å². The van der Waals surface area contributed by atoms with Gasteiger partial charge in [0.2, 0.25) is 5.82 Å². The van der Waals surface area contributed by atoms with E-state index >= 15 is 0 Å². The number of nitrogens with zero attached hydrogens (tertiary/aromatic N) is 3. The Morgan fingerprint density at radius 2 is 1.83 bits per heavy atom. The number of carbonyl (C=O) groups excluding carboxylic acids is 2. The minimum atomic E-state index is -0.291. The molecule has 0 aliphatic carbocycles. The molecule has 7 nitrogen and oxygen atoms in total. The molecule has 0 saturated heterocycles. The topological polar surface area (TPSA) is 75.9 Å². The molecule has 29 heavy (non-hydrogen) atoms. The zero-order valence-corrected chi connectivity index (χ0v) is 17.0. The molecule has 0 spiro atoms. The first-order valence-electron chi connectivity index (χ1n) is 9.76. The Hall–Kier alpha value is -3.35. The van der Waals surface area contributed by atoms with Crippen LogP contribution in [-0.2, 0) is 6.42 Å². The first-order valence-corrected chi connectivity index (χ1v) is 9.76. The first kappa shape index (κ1) is 20.4. The molecule has 3 rings (SSSR count). The third-order valence-corrected chi connectivity index (χ3v) is 4.86. The molecule has 2 aromatic heterocycles. The van der Waals surface area contributed by atoms with Gasteiger partial charge < -0.3 is 15.0 Å². The molecule has 1 N–H and O–H groups in total. The van der Waals surface area contributed by atoms with E-state index in [9.17, 15) is 9.59 Å². The summed E-state index contributed by atoms with van der Waals surface area (Å²) in [6.07, 6.45) is 2.44. The summed E-state index contributed by atoms with van der Waals surface area (Å²) in [4.78, 5) is 31.7. The Bertz CT molecular complexity index is 991. The second-order valence-corrected chi connectivity index (χ2v) is 6.57. The Labute approximate surface area is 170 Å². The highest BCUT2D eigenvalue weighted by molar-refractivity contribution is 6.02. The largest absolute Gasteiger partial charge is 0.497 e. The summed E-state index contributed by atoms with van der Waals surface area (Å²) in [7, 11) is 1.63. The Kier molecular flexibility index (Phi) is 6.49. The summed E-state index contributed by atoms with van der Waals surface area (Å²) in [5, 5.41) is 2.91. The van der Waals surface area contributed by atoms with Gasteiger partial charge in [0.1, 0.15) is 5.75 Å². The minimum Gasteiger partial charge on any atom is -0.497 e. The SMILES string of the molecule is CCN(CC)C(=O)c1nc(C(=O)NCCc2ccc(OC)cc2)c2ccccn12. The molecule has 0 bridgehead atoms. The van der Waals surface area contributed by atoms with Gasteiger partial charge in [-0.3, -0.25) is 14.0 Å². The van der Waals surface area contributed by atoms with Gasteiger partial charge in [0.15, 0.2) is 5.69 Å². The van der Waals surface area contributed by atoms with Crippen molar-refractivity contribution in [2.75, 3.05) is 26.7 Å². The van der Waals surface area contributed by atoms with Gasteiger partial charge in [-0.05, 0) is 50.1 Å². The van der Waals surface area contributed by atoms with Crippen LogP contribution in [0.3, 0.4) is 0 Å². The van der Waals surface area contributed by atoms with Crippen LogP contribution >= 0.6 is 0 Å². The van der Waals surface area contributed by atoms with Crippen LogP contribution in [0, 0.1) is 0 Å². The predicted octanol–water partition coefficient (Wildman–Crippen LogP) is 2.80. The smallest absolute Gasteiger partial charge is 0.290 e. The third-order valence-electron chi connectivity index (χ3n) is 4.86. The van der Waals surface area contributed by atoms with Crippen molar-refractivity contribution in [3.63, 3.8) is 0 Å². The number of nitrogens with one attached hydrogen (secondary N) is 1. The standard InChI is InChI=1S/C22H26N4O3/c1-4-25(5-2)22(28)20-24-19(18-8-6-7-15-26(18)20)21(27)23-14-13-16-9-11-17(29-3)12-10-16/h6-12,15H,4-5,13-14H2,1-3H3,(H,23,27). The third kappa shape index (κ3) is 4.39. The predicted molar refractivity (Wildman–Crippen MR) is 111 cm³/mol. The van der Waals surface area contributed by atoms with E-state index in [2.05, 4.69) is 10.3 Å². The normalized spacial score (nSPS) is 10.7. The van der Waals surface area contributed by atoms with Gasteiger partial charge in [0.25, 0.3) is 11.8 Å². The molecule has 0 fully saturated rings. The molecule has 0 saturated carbocycles. The lowest BCUT2D eigenvalue weighted by Gasteiger charge is -2.17. The molecule has 0 aliphatic heterocycles. The number of fused-ring (bicyclic) bond motifs is 1. The van der Waals surface area contributed by atoms with Gasteiger partial charge in [-0.15, -0.1) is 0 Å². The monoisotopic (exact) mass is 394 g/mol. The number of carbonyl (C=O) groups is 2. The van der Waals surface area contributed by atoms with Crippen molar-refractivity contribution >= 4 is 17.3 Å². The average Bonchev–Trinajstić information content (AvgIpc) is 3.15. The van der Waals surface area contributed by atoms with Crippen LogP contribution in [0.1, 0.15) is 40.5 Å². The first-order chi connectivity index (χ1) is 14.1. The summed E-state index contributed by atoms with van der Waals surface area (Å²) in [5.74, 6) is 0.576. The lowest BCUT2D eigenvalue weighted by Crippen LogP contribution is -2.32. The van der Waals surface area contributed by atoms with E-state index in [-0.39, 0.29) is 23.3 Å². The number of imidazole rings is 1. The summed E-state index contributed by atoms with van der Waals surface area (Å²) in [6, 6.07) is 13.2. The second-order valence-electron chi connectivity index (χ2n) is 6.57. The molecule has 0 atom stereocenters. The average molecular weight is 394 g/mol. The molecule has 3 aromatic rings. The molecule has 152 valence electrons. The van der Waals surface area contributed by atoms with Gasteiger partial charge in [0, 0.05) is 25.8 Å². The molecule has 0 unspecified atom stereocenters. The molecular weight excluding hydrogens is 368 g/mol. The molecule has 7 heteroatoms. The zero-order valence-electron chi connectivity index (χ0n) is 17.0. The maximum atomic E-state index is 12.8. The Balaban J connectivity index is 1.76. The van der Waals surface area contributed by atoms with E-state index < -0.39 is 0 Å². The Morgan fingerprint density at radius 3 is 2.48 bits per heavy atom. The number of pyridine rings is 1. The zero-order chi connectivity index (χ0) is 20.8. The van der Waals surface area contributed by atoms with Crippen molar-refractivity contribution in [3.05, 3.63) is 65.7 Å². The summed E-state index contributed by atoms with van der Waals surface area (Å²) in [6.45, 7) is 5.48. The molecule has 0 aliphatic rings. The van der Waals surface area contributed by atoms with E-state index in [0.29, 0.717) is 31.6 Å². The lowest BCUT2D eigenvalue weighted by molar-refractivity contribution is 0.0760. The number of ether oxygens (including phenoxy) is 1. The number of rotatable bonds is 8. The van der Waals surface area contributed by atoms with Crippen LogP contribution in [0.25, 0.3) is 5.52 Å². The van der Waals surface area contributed by atoms with Gasteiger partial charge >= 0.3 is 0 Å². The van der Waals surface area contributed by atoms with Crippen molar-refractivity contribution in [2.45, 2.75) is 20.3 Å². The number of aromatic nitrogens is 2. The highest BCUT2D eigenvalue weighted by Gasteiger charge is 2.23. The number of hydrogen-bond acceptors (Lipinski definition) is 4. The molecular formula is C22H26N4O3. The fraction of sp³-hybridized carbons (Fsp3) is 0.318. The molecule has 0 radical (unpaired) electrons. The summed E-state index contributed by atoms with van der Waals surface area (Å²) >= 11 is 0. The van der Waals surface area contributed by atoms with E-state index in [4.69, 9.17) is 4.74 Å². The van der Waals surface area contributed by atoms with E-state index in [1.807, 2.05) is 50.2 Å².